The number of carbonyl (C=O) groups is 1. The van der Waals surface area contributed by atoms with Crippen molar-refractivity contribution in [2.45, 2.75) is 96.1 Å². The molecule has 2 aromatic rings. The number of carbonyl (C=O) groups excluding carboxylic acids is 1. The molecular formula is C32H44N2O. The van der Waals surface area contributed by atoms with Crippen LogP contribution in [0.2, 0.25) is 0 Å². The van der Waals surface area contributed by atoms with Crippen LogP contribution in [0.15, 0.2) is 54.6 Å². The second-order valence-corrected chi connectivity index (χ2v) is 12.1. The van der Waals surface area contributed by atoms with Crippen LogP contribution in [0.1, 0.15) is 88.3 Å². The molecule has 35 heavy (non-hydrogen) atoms. The minimum absolute atomic E-state index is 0.00506. The van der Waals surface area contributed by atoms with E-state index in [2.05, 4.69) is 85.2 Å². The fraction of sp³-hybridized carbons (Fsp3) is 0.594. The normalized spacial score (nSPS) is 27.9. The maximum absolute atomic E-state index is 13.8. The molecule has 1 atom stereocenters. The molecule has 1 aliphatic heterocycles. The summed E-state index contributed by atoms with van der Waals surface area (Å²) in [6.07, 6.45) is 11.0. The molecule has 1 saturated heterocycles. The van der Waals surface area contributed by atoms with Crippen molar-refractivity contribution in [3.8, 4) is 0 Å². The van der Waals surface area contributed by atoms with Crippen LogP contribution in [0.4, 0.5) is 4.79 Å². The largest absolute Gasteiger partial charge is 0.320 e. The molecule has 1 heterocycles. The third-order valence-electron chi connectivity index (χ3n) is 9.68. The van der Waals surface area contributed by atoms with Crippen LogP contribution < -0.4 is 0 Å². The van der Waals surface area contributed by atoms with E-state index in [4.69, 9.17) is 0 Å². The number of urea groups is 1. The lowest BCUT2D eigenvalue weighted by atomic mass is 9.60. The van der Waals surface area contributed by atoms with E-state index in [0.717, 1.165) is 38.4 Å². The van der Waals surface area contributed by atoms with Crippen molar-refractivity contribution >= 4 is 6.03 Å². The zero-order valence-corrected chi connectivity index (χ0v) is 22.1. The Morgan fingerprint density at radius 1 is 0.971 bits per heavy atom. The molecule has 2 aromatic carbocycles. The van der Waals surface area contributed by atoms with Gasteiger partial charge in [0.2, 0.25) is 0 Å². The topological polar surface area (TPSA) is 23.6 Å². The Morgan fingerprint density at radius 2 is 1.66 bits per heavy atom. The van der Waals surface area contributed by atoms with E-state index in [9.17, 15) is 4.79 Å². The highest BCUT2D eigenvalue weighted by molar-refractivity contribution is 5.78. The first-order valence-corrected chi connectivity index (χ1v) is 14.1. The zero-order chi connectivity index (χ0) is 24.5. The van der Waals surface area contributed by atoms with Crippen LogP contribution in [0.25, 0.3) is 0 Å². The Morgan fingerprint density at radius 3 is 2.26 bits per heavy atom. The lowest BCUT2D eigenvalue weighted by molar-refractivity contribution is 0.0589. The van der Waals surface area contributed by atoms with Gasteiger partial charge in [-0.25, -0.2) is 4.79 Å². The molecule has 1 spiro atoms. The van der Waals surface area contributed by atoms with Gasteiger partial charge in [0.1, 0.15) is 0 Å². The molecule has 2 amide bonds. The number of rotatable bonds is 8. The van der Waals surface area contributed by atoms with E-state index >= 15 is 0 Å². The van der Waals surface area contributed by atoms with Gasteiger partial charge in [-0.1, -0.05) is 86.8 Å². The fourth-order valence-electron chi connectivity index (χ4n) is 6.96. The van der Waals surface area contributed by atoms with Crippen LogP contribution in [0.3, 0.4) is 0 Å². The molecule has 5 rings (SSSR count). The van der Waals surface area contributed by atoms with Gasteiger partial charge in [-0.15, -0.1) is 0 Å². The quantitative estimate of drug-likeness (QED) is 0.386. The molecule has 0 aromatic heterocycles. The standard InChI is InChI=1S/C32H44N2O/c1-4-25(2)21-31(29-11-6-5-7-12-29)17-19-32(20-18-31)24-33(22-28-15-13-26(3)14-16-28)30(35)34(32)23-27-9-8-10-27/h5-7,11-16,25,27H,4,8-10,17-24H2,1-3H3/t25?,31-,32-. The molecule has 3 nitrogen and oxygen atoms in total. The van der Waals surface area contributed by atoms with Gasteiger partial charge < -0.3 is 9.80 Å². The summed E-state index contributed by atoms with van der Waals surface area (Å²) in [5.74, 6) is 1.43. The average molecular weight is 473 g/mol. The van der Waals surface area contributed by atoms with Gasteiger partial charge >= 0.3 is 6.03 Å². The minimum atomic E-state index is 0.00506. The highest BCUT2D eigenvalue weighted by Gasteiger charge is 2.54. The van der Waals surface area contributed by atoms with Crippen molar-refractivity contribution in [1.82, 2.24) is 9.80 Å². The number of hydrogen-bond donors (Lipinski definition) is 0. The van der Waals surface area contributed by atoms with Gasteiger partial charge in [-0.2, -0.15) is 0 Å². The highest BCUT2D eigenvalue weighted by Crippen LogP contribution is 2.51. The molecule has 188 valence electrons. The smallest absolute Gasteiger partial charge is 0.318 e. The maximum atomic E-state index is 13.8. The van der Waals surface area contributed by atoms with E-state index in [0.29, 0.717) is 5.92 Å². The van der Waals surface area contributed by atoms with E-state index < -0.39 is 0 Å². The maximum Gasteiger partial charge on any atom is 0.320 e. The van der Waals surface area contributed by atoms with E-state index in [1.54, 1.807) is 0 Å². The van der Waals surface area contributed by atoms with E-state index in [1.165, 1.54) is 61.6 Å². The van der Waals surface area contributed by atoms with Gasteiger partial charge in [-0.3, -0.25) is 0 Å². The third kappa shape index (κ3) is 4.88. The van der Waals surface area contributed by atoms with Gasteiger partial charge in [0.05, 0.1) is 5.54 Å². The third-order valence-corrected chi connectivity index (χ3v) is 9.68. The van der Waals surface area contributed by atoms with Crippen LogP contribution in [-0.2, 0) is 12.0 Å². The summed E-state index contributed by atoms with van der Waals surface area (Å²) in [6.45, 7) is 9.46. The van der Waals surface area contributed by atoms with Crippen molar-refractivity contribution in [1.29, 1.82) is 0 Å². The predicted molar refractivity (Wildman–Crippen MR) is 144 cm³/mol. The summed E-state index contributed by atoms with van der Waals surface area (Å²) in [4.78, 5) is 18.3. The average Bonchev–Trinajstić information content (AvgIpc) is 3.10. The Balaban J connectivity index is 1.39. The van der Waals surface area contributed by atoms with Crippen molar-refractivity contribution < 1.29 is 4.79 Å². The molecule has 2 aliphatic carbocycles. The summed E-state index contributed by atoms with van der Waals surface area (Å²) in [5, 5.41) is 0. The second kappa shape index (κ2) is 9.99. The van der Waals surface area contributed by atoms with Crippen LogP contribution >= 0.6 is 0 Å². The monoisotopic (exact) mass is 472 g/mol. The molecule has 3 aliphatic rings. The molecule has 0 N–H and O–H groups in total. The Hall–Kier alpha value is -2.29. The summed E-state index contributed by atoms with van der Waals surface area (Å²) in [5.41, 5.74) is 4.29. The zero-order valence-electron chi connectivity index (χ0n) is 22.1. The Labute approximate surface area is 212 Å². The van der Waals surface area contributed by atoms with Crippen LogP contribution in [-0.4, -0.2) is 34.5 Å². The molecular weight excluding hydrogens is 428 g/mol. The predicted octanol–water partition coefficient (Wildman–Crippen LogP) is 7.72. The fourth-order valence-corrected chi connectivity index (χ4v) is 6.96. The summed E-state index contributed by atoms with van der Waals surface area (Å²) >= 11 is 0. The number of hydrogen-bond acceptors (Lipinski definition) is 1. The second-order valence-electron chi connectivity index (χ2n) is 12.1. The summed E-state index contributed by atoms with van der Waals surface area (Å²) in [7, 11) is 0. The SMILES string of the molecule is CCC(C)C[C@]1(c2ccccc2)CC[C@]2(CC1)CN(Cc1ccc(C)cc1)C(=O)N2CC1CCC1. The molecule has 1 unspecified atom stereocenters. The number of aryl methyl sites for hydroxylation is 1. The van der Waals surface area contributed by atoms with Crippen molar-refractivity contribution in [2.75, 3.05) is 13.1 Å². The number of amides is 2. The Kier molecular flexibility index (Phi) is 6.97. The lowest BCUT2D eigenvalue weighted by Gasteiger charge is -2.50. The van der Waals surface area contributed by atoms with Gasteiger partial charge in [0.15, 0.2) is 0 Å². The molecule has 0 bridgehead atoms. The van der Waals surface area contributed by atoms with Crippen LogP contribution in [0, 0.1) is 18.8 Å². The molecule has 3 heteroatoms. The first kappa shape index (κ1) is 24.4. The van der Waals surface area contributed by atoms with Crippen molar-refractivity contribution in [3.63, 3.8) is 0 Å². The highest BCUT2D eigenvalue weighted by atomic mass is 16.2. The van der Waals surface area contributed by atoms with Gasteiger partial charge in [0.25, 0.3) is 0 Å². The van der Waals surface area contributed by atoms with E-state index in [1.807, 2.05) is 0 Å². The number of benzene rings is 2. The number of nitrogens with zero attached hydrogens (tertiary/aromatic N) is 2. The van der Waals surface area contributed by atoms with E-state index in [-0.39, 0.29) is 17.0 Å². The molecule has 3 fully saturated rings. The molecule has 2 saturated carbocycles. The summed E-state index contributed by atoms with van der Waals surface area (Å²) in [6, 6.07) is 20.3. The summed E-state index contributed by atoms with van der Waals surface area (Å²) < 4.78 is 0. The van der Waals surface area contributed by atoms with Crippen molar-refractivity contribution in [2.24, 2.45) is 11.8 Å². The molecule has 0 radical (unpaired) electrons. The lowest BCUT2D eigenvalue weighted by Crippen LogP contribution is -2.54. The Bertz CT molecular complexity index is 986. The van der Waals surface area contributed by atoms with Crippen molar-refractivity contribution in [3.05, 3.63) is 71.3 Å². The van der Waals surface area contributed by atoms with Gasteiger partial charge in [-0.05, 0) is 80.2 Å². The van der Waals surface area contributed by atoms with Gasteiger partial charge in [0, 0.05) is 19.6 Å². The minimum Gasteiger partial charge on any atom is -0.318 e. The van der Waals surface area contributed by atoms with Crippen LogP contribution in [0.5, 0.6) is 0 Å². The first-order chi connectivity index (χ1) is 16.9. The first-order valence-electron chi connectivity index (χ1n) is 14.1.